The molecule has 26 heavy (non-hydrogen) atoms. The Morgan fingerprint density at radius 1 is 1.23 bits per heavy atom. The number of halogens is 1. The van der Waals surface area contributed by atoms with E-state index in [0.29, 0.717) is 0 Å². The molecular formula is C17H15ClN2O6. The van der Waals surface area contributed by atoms with Crippen LogP contribution in [0, 0.1) is 10.1 Å². The van der Waals surface area contributed by atoms with Gasteiger partial charge in [-0.05, 0) is 25.1 Å². The number of para-hydroxylation sites is 1. The summed E-state index contributed by atoms with van der Waals surface area (Å²) in [7, 11) is 0. The number of carbonyl (C=O) groups is 2. The monoisotopic (exact) mass is 378 g/mol. The van der Waals surface area contributed by atoms with Crippen LogP contribution in [0.3, 0.4) is 0 Å². The fourth-order valence-corrected chi connectivity index (χ4v) is 2.39. The number of anilines is 1. The molecule has 0 saturated heterocycles. The molecular weight excluding hydrogens is 364 g/mol. The highest BCUT2D eigenvalue weighted by Crippen LogP contribution is 2.41. The number of nitro benzene ring substituents is 1. The van der Waals surface area contributed by atoms with E-state index in [2.05, 4.69) is 5.32 Å². The number of nitrogens with zero attached hydrogens (tertiary/aromatic N) is 1. The topological polar surface area (TPSA) is 108 Å². The molecule has 8 nitrogen and oxygen atoms in total. The molecule has 0 atom stereocenters. The molecule has 2 aromatic rings. The van der Waals surface area contributed by atoms with E-state index >= 15 is 0 Å². The Balaban J connectivity index is 2.53. The molecule has 0 aromatic heterocycles. The predicted octanol–water partition coefficient (Wildman–Crippen LogP) is 4.18. The van der Waals surface area contributed by atoms with E-state index in [1.54, 1.807) is 19.1 Å². The number of benzene rings is 2. The van der Waals surface area contributed by atoms with Gasteiger partial charge in [0.25, 0.3) is 0 Å². The van der Waals surface area contributed by atoms with Crippen LogP contribution in [0.25, 0.3) is 0 Å². The third kappa shape index (κ3) is 4.48. The smallest absolute Gasteiger partial charge is 0.341 e. The number of carbonyl (C=O) groups excluding carboxylic acids is 2. The minimum absolute atomic E-state index is 0.0603. The van der Waals surface area contributed by atoms with Crippen molar-refractivity contribution in [1.29, 1.82) is 0 Å². The Morgan fingerprint density at radius 3 is 2.54 bits per heavy atom. The number of nitrogens with one attached hydrogen (secondary N) is 1. The van der Waals surface area contributed by atoms with Crippen molar-refractivity contribution in [2.45, 2.75) is 13.8 Å². The average Bonchev–Trinajstić information content (AvgIpc) is 2.54. The zero-order valence-corrected chi connectivity index (χ0v) is 14.7. The van der Waals surface area contributed by atoms with Gasteiger partial charge in [-0.25, -0.2) is 4.79 Å². The van der Waals surface area contributed by atoms with Crippen LogP contribution in [0.2, 0.25) is 5.02 Å². The maximum absolute atomic E-state index is 12.0. The molecule has 0 bridgehead atoms. The van der Waals surface area contributed by atoms with Crippen molar-refractivity contribution in [1.82, 2.24) is 0 Å². The summed E-state index contributed by atoms with van der Waals surface area (Å²) in [6, 6.07) is 8.61. The zero-order valence-electron chi connectivity index (χ0n) is 13.9. The van der Waals surface area contributed by atoms with Crippen molar-refractivity contribution in [3.63, 3.8) is 0 Å². The molecule has 0 unspecified atom stereocenters. The maximum atomic E-state index is 12.0. The second-order valence-electron chi connectivity index (χ2n) is 5.06. The summed E-state index contributed by atoms with van der Waals surface area (Å²) in [5, 5.41) is 13.9. The molecule has 0 heterocycles. The van der Waals surface area contributed by atoms with Gasteiger partial charge in [0.2, 0.25) is 11.7 Å². The van der Waals surface area contributed by atoms with Crippen molar-refractivity contribution in [3.05, 3.63) is 57.1 Å². The molecule has 0 aliphatic carbocycles. The molecule has 1 N–H and O–H groups in total. The fourth-order valence-electron chi connectivity index (χ4n) is 2.18. The number of amides is 1. The van der Waals surface area contributed by atoms with Gasteiger partial charge in [-0.2, -0.15) is 0 Å². The number of hydrogen-bond acceptors (Lipinski definition) is 6. The van der Waals surface area contributed by atoms with Gasteiger partial charge in [-0.3, -0.25) is 14.9 Å². The van der Waals surface area contributed by atoms with Crippen LogP contribution in [0.1, 0.15) is 24.2 Å². The predicted molar refractivity (Wildman–Crippen MR) is 94.9 cm³/mol. The number of rotatable bonds is 6. The van der Waals surface area contributed by atoms with Crippen LogP contribution in [-0.4, -0.2) is 23.4 Å². The largest absolute Gasteiger partial charge is 0.462 e. The summed E-state index contributed by atoms with van der Waals surface area (Å²) in [6.45, 7) is 3.03. The lowest BCUT2D eigenvalue weighted by Crippen LogP contribution is -2.09. The zero-order chi connectivity index (χ0) is 19.3. The standard InChI is InChI=1S/C17H15ClN2O6/c1-3-25-17(22)12-6-4-5-7-14(12)26-15-9-11(18)8-13(19-10(2)21)16(15)20(23)24/h4-9H,3H2,1-2H3,(H,19,21). The molecule has 0 saturated carbocycles. The molecule has 136 valence electrons. The van der Waals surface area contributed by atoms with Crippen molar-refractivity contribution in [2.24, 2.45) is 0 Å². The van der Waals surface area contributed by atoms with Gasteiger partial charge in [-0.1, -0.05) is 23.7 Å². The van der Waals surface area contributed by atoms with Crippen molar-refractivity contribution in [3.8, 4) is 11.5 Å². The summed E-state index contributed by atoms with van der Waals surface area (Å²) < 4.78 is 10.5. The van der Waals surface area contributed by atoms with Gasteiger partial charge in [0, 0.05) is 18.0 Å². The second kappa shape index (κ2) is 8.30. The molecule has 0 fully saturated rings. The quantitative estimate of drug-likeness (QED) is 0.459. The number of ether oxygens (including phenoxy) is 2. The molecule has 0 aliphatic rings. The van der Waals surface area contributed by atoms with Crippen LogP contribution >= 0.6 is 11.6 Å². The minimum Gasteiger partial charge on any atom is -0.462 e. The SMILES string of the molecule is CCOC(=O)c1ccccc1Oc1cc(Cl)cc(NC(C)=O)c1[N+](=O)[O-]. The lowest BCUT2D eigenvalue weighted by Gasteiger charge is -2.13. The lowest BCUT2D eigenvalue weighted by atomic mass is 10.2. The first-order chi connectivity index (χ1) is 12.3. The molecule has 2 rings (SSSR count). The summed E-state index contributed by atoms with van der Waals surface area (Å²) in [4.78, 5) is 34.1. The molecule has 0 spiro atoms. The van der Waals surface area contributed by atoms with Crippen molar-refractivity contribution in [2.75, 3.05) is 11.9 Å². The Morgan fingerprint density at radius 2 is 1.92 bits per heavy atom. The van der Waals surface area contributed by atoms with E-state index < -0.39 is 22.5 Å². The summed E-state index contributed by atoms with van der Waals surface area (Å²) in [5.74, 6) is -1.30. The normalized spacial score (nSPS) is 10.1. The molecule has 9 heteroatoms. The number of esters is 1. The third-order valence-electron chi connectivity index (χ3n) is 3.14. The third-order valence-corrected chi connectivity index (χ3v) is 3.35. The molecule has 2 aromatic carbocycles. The van der Waals surface area contributed by atoms with E-state index in [4.69, 9.17) is 21.1 Å². The lowest BCUT2D eigenvalue weighted by molar-refractivity contribution is -0.384. The Hall–Kier alpha value is -3.13. The van der Waals surface area contributed by atoms with Gasteiger partial charge in [0.05, 0.1) is 11.5 Å². The van der Waals surface area contributed by atoms with Gasteiger partial charge >= 0.3 is 11.7 Å². The van der Waals surface area contributed by atoms with E-state index in [1.165, 1.54) is 31.2 Å². The molecule has 1 amide bonds. The highest BCUT2D eigenvalue weighted by atomic mass is 35.5. The van der Waals surface area contributed by atoms with Crippen LogP contribution in [0.15, 0.2) is 36.4 Å². The summed E-state index contributed by atoms with van der Waals surface area (Å²) >= 11 is 5.98. The molecule has 0 radical (unpaired) electrons. The first kappa shape index (κ1) is 19.2. The van der Waals surface area contributed by atoms with Crippen LogP contribution in [0.4, 0.5) is 11.4 Å². The van der Waals surface area contributed by atoms with Gasteiger partial charge in [0.1, 0.15) is 17.0 Å². The van der Waals surface area contributed by atoms with Crippen LogP contribution in [0.5, 0.6) is 11.5 Å². The number of nitro groups is 1. The van der Waals surface area contributed by atoms with Crippen LogP contribution in [-0.2, 0) is 9.53 Å². The second-order valence-corrected chi connectivity index (χ2v) is 5.49. The van der Waals surface area contributed by atoms with Gasteiger partial charge in [-0.15, -0.1) is 0 Å². The van der Waals surface area contributed by atoms with E-state index in [1.807, 2.05) is 0 Å². The first-order valence-corrected chi connectivity index (χ1v) is 7.90. The Bertz CT molecular complexity index is 868. The van der Waals surface area contributed by atoms with Gasteiger partial charge < -0.3 is 14.8 Å². The highest BCUT2D eigenvalue weighted by molar-refractivity contribution is 6.31. The Labute approximate surface area is 153 Å². The van der Waals surface area contributed by atoms with Gasteiger partial charge in [0.15, 0.2) is 0 Å². The Kier molecular flexibility index (Phi) is 6.13. The summed E-state index contributed by atoms with van der Waals surface area (Å²) in [5.41, 5.74) is -0.494. The first-order valence-electron chi connectivity index (χ1n) is 7.53. The van der Waals surface area contributed by atoms with E-state index in [9.17, 15) is 19.7 Å². The summed E-state index contributed by atoms with van der Waals surface area (Å²) in [6.07, 6.45) is 0. The fraction of sp³-hybridized carbons (Fsp3) is 0.176. The minimum atomic E-state index is -0.704. The molecule has 0 aliphatic heterocycles. The average molecular weight is 379 g/mol. The highest BCUT2D eigenvalue weighted by Gasteiger charge is 2.25. The number of hydrogen-bond donors (Lipinski definition) is 1. The van der Waals surface area contributed by atoms with Crippen LogP contribution < -0.4 is 10.1 Å². The van der Waals surface area contributed by atoms with E-state index in [-0.39, 0.29) is 34.4 Å². The van der Waals surface area contributed by atoms with Crippen molar-refractivity contribution >= 4 is 34.9 Å². The van der Waals surface area contributed by atoms with E-state index in [0.717, 1.165) is 0 Å². The maximum Gasteiger partial charge on any atom is 0.341 e. The van der Waals surface area contributed by atoms with Crippen molar-refractivity contribution < 1.29 is 24.0 Å².